The second-order valence-electron chi connectivity index (χ2n) is 13.3. The van der Waals surface area contributed by atoms with Crippen LogP contribution < -0.4 is 10.2 Å². The fourth-order valence-corrected chi connectivity index (χ4v) is 7.55. The molecule has 3 aromatic rings. The number of amides is 2. The Hall–Kier alpha value is -4.41. The average molecular weight is 743 g/mol. The first-order chi connectivity index (χ1) is 23.9. The minimum Gasteiger partial charge on any atom is -0.456 e. The van der Waals surface area contributed by atoms with Gasteiger partial charge in [-0.25, -0.2) is 18.2 Å². The van der Waals surface area contributed by atoms with Gasteiger partial charge in [0.1, 0.15) is 5.60 Å². The number of ether oxygens (including phenoxy) is 1. The van der Waals surface area contributed by atoms with E-state index in [9.17, 15) is 32.9 Å². The van der Waals surface area contributed by atoms with Gasteiger partial charge in [0.2, 0.25) is 15.9 Å². The lowest BCUT2D eigenvalue weighted by molar-refractivity contribution is -0.387. The second-order valence-corrected chi connectivity index (χ2v) is 15.5. The molecule has 0 spiro atoms. The summed E-state index contributed by atoms with van der Waals surface area (Å²) in [5, 5.41) is 18.1. The van der Waals surface area contributed by atoms with Gasteiger partial charge >= 0.3 is 5.97 Å². The van der Waals surface area contributed by atoms with Crippen LogP contribution in [0.2, 0.25) is 5.02 Å². The molecule has 0 saturated carbocycles. The Labute approximate surface area is 303 Å². The Bertz CT molecular complexity index is 1870. The van der Waals surface area contributed by atoms with Gasteiger partial charge in [0.25, 0.3) is 11.6 Å². The minimum atomic E-state index is -4.42. The largest absolute Gasteiger partial charge is 0.456 e. The van der Waals surface area contributed by atoms with Gasteiger partial charge in [-0.05, 0) is 70.0 Å². The first kappa shape index (κ1) is 39.4. The number of anilines is 1. The van der Waals surface area contributed by atoms with Crippen molar-refractivity contribution >= 4 is 50.8 Å². The molecule has 1 aliphatic heterocycles. The Morgan fingerprint density at radius 2 is 1.55 bits per heavy atom. The van der Waals surface area contributed by atoms with Crippen molar-refractivity contribution in [1.82, 2.24) is 19.6 Å². The molecule has 16 heteroatoms. The number of nitrogens with one attached hydrogen (secondary N) is 1. The molecule has 0 aromatic heterocycles. The number of benzene rings is 3. The summed E-state index contributed by atoms with van der Waals surface area (Å²) >= 11 is 6.59. The number of carbonyl (C=O) groups excluding carboxylic acids is 3. The molecule has 3 aromatic carbocycles. The number of carbonyl (C=O) groups is 3. The Balaban J connectivity index is 1.57. The summed E-state index contributed by atoms with van der Waals surface area (Å²) in [6.07, 6.45) is 0. The monoisotopic (exact) mass is 742 g/mol. The van der Waals surface area contributed by atoms with Crippen LogP contribution in [0.4, 0.5) is 11.4 Å². The van der Waals surface area contributed by atoms with Crippen molar-refractivity contribution in [3.05, 3.63) is 98.6 Å². The third-order valence-corrected chi connectivity index (χ3v) is 10.5. The van der Waals surface area contributed by atoms with Gasteiger partial charge in [-0.1, -0.05) is 48.0 Å². The van der Waals surface area contributed by atoms with Crippen LogP contribution in [-0.4, -0.2) is 90.3 Å². The molecule has 0 atom stereocenters. The van der Waals surface area contributed by atoms with Crippen molar-refractivity contribution in [2.45, 2.75) is 64.2 Å². The minimum absolute atomic E-state index is 0.0951. The summed E-state index contributed by atoms with van der Waals surface area (Å²) in [7, 11) is -2.76. The lowest BCUT2D eigenvalue weighted by atomic mass is 10.1. The molecule has 4 rings (SSSR count). The van der Waals surface area contributed by atoms with Crippen LogP contribution in [0.25, 0.3) is 0 Å². The van der Waals surface area contributed by atoms with Gasteiger partial charge < -0.3 is 9.64 Å². The number of hydrogen-bond donors (Lipinski definition) is 1. The number of sulfonamides is 1. The van der Waals surface area contributed by atoms with E-state index in [1.807, 2.05) is 29.3 Å². The smallest absolute Gasteiger partial charge is 0.338 e. The van der Waals surface area contributed by atoms with E-state index in [2.05, 4.69) is 5.32 Å². The number of fused-ring (bicyclic) bond motifs is 1. The Morgan fingerprint density at radius 3 is 2.14 bits per heavy atom. The van der Waals surface area contributed by atoms with Crippen LogP contribution in [0.15, 0.2) is 71.6 Å². The maximum atomic E-state index is 13.9. The molecule has 0 aliphatic carbocycles. The molecule has 274 valence electrons. The molecule has 0 bridgehead atoms. The van der Waals surface area contributed by atoms with Gasteiger partial charge in [0.05, 0.1) is 34.3 Å². The van der Waals surface area contributed by atoms with E-state index in [1.54, 1.807) is 41.7 Å². The van der Waals surface area contributed by atoms with Gasteiger partial charge in [-0.3, -0.25) is 30.0 Å². The van der Waals surface area contributed by atoms with Gasteiger partial charge in [0, 0.05) is 45.3 Å². The predicted octanol–water partition coefficient (Wildman–Crippen LogP) is 4.61. The summed E-state index contributed by atoms with van der Waals surface area (Å²) in [5.41, 5.74) is 1.08. The van der Waals surface area contributed by atoms with E-state index >= 15 is 0 Å². The van der Waals surface area contributed by atoms with Crippen LogP contribution in [-0.2, 0) is 37.4 Å². The third kappa shape index (κ3) is 9.68. The lowest BCUT2D eigenvalue weighted by Crippen LogP contribution is -2.48. The number of rotatable bonds is 14. The van der Waals surface area contributed by atoms with Crippen LogP contribution in [0, 0.1) is 10.1 Å². The van der Waals surface area contributed by atoms with Gasteiger partial charge in [0.15, 0.2) is 4.90 Å². The number of likely N-dealkylation sites (N-methyl/N-ethyl adjacent to an activating group) is 1. The fraction of sp³-hybridized carbons (Fsp3) is 0.400. The van der Waals surface area contributed by atoms with Crippen LogP contribution in [0.3, 0.4) is 0 Å². The fourth-order valence-electron chi connectivity index (χ4n) is 5.54. The zero-order chi connectivity index (χ0) is 37.7. The molecule has 0 radical (unpaired) electrons. The van der Waals surface area contributed by atoms with E-state index in [-0.39, 0.29) is 48.4 Å². The van der Waals surface area contributed by atoms with E-state index in [0.717, 1.165) is 27.6 Å². The summed E-state index contributed by atoms with van der Waals surface area (Å²) < 4.78 is 34.2. The van der Waals surface area contributed by atoms with E-state index in [1.165, 1.54) is 40.2 Å². The normalized spacial score (nSPS) is 13.3. The first-order valence-electron chi connectivity index (χ1n) is 16.3. The molecule has 1 aliphatic rings. The summed E-state index contributed by atoms with van der Waals surface area (Å²) in [4.78, 5) is 51.7. The molecule has 1 N–H and O–H groups in total. The molecule has 0 saturated heterocycles. The quantitative estimate of drug-likeness (QED) is 0.140. The van der Waals surface area contributed by atoms with E-state index < -0.39 is 49.0 Å². The average Bonchev–Trinajstić information content (AvgIpc) is 3.50. The Morgan fingerprint density at radius 1 is 0.961 bits per heavy atom. The second kappa shape index (κ2) is 16.3. The summed E-state index contributed by atoms with van der Waals surface area (Å²) in [6.45, 7) is 8.42. The molecule has 2 amide bonds. The van der Waals surface area contributed by atoms with Crippen molar-refractivity contribution in [2.75, 3.05) is 38.1 Å². The number of para-hydroxylation sites is 1. The number of hydrogen-bond acceptors (Lipinski definition) is 10. The van der Waals surface area contributed by atoms with Gasteiger partial charge in [-0.15, -0.1) is 0 Å². The maximum absolute atomic E-state index is 13.9. The van der Waals surface area contributed by atoms with Crippen molar-refractivity contribution in [1.29, 1.82) is 0 Å². The lowest BCUT2D eigenvalue weighted by Gasteiger charge is -2.31. The molecule has 0 unspecified atom stereocenters. The SMILES string of the molecule is CC(C)N(CCN(C(=O)CNCC(=O)N(C)N1Cc2ccccc2C1)c1cc(C(=O)OC(C)(C)C)ccc1Cl)S(=O)(=O)c1ccccc1[N+](=O)[O-]. The van der Waals surface area contributed by atoms with Crippen LogP contribution in [0.5, 0.6) is 0 Å². The zero-order valence-corrected chi connectivity index (χ0v) is 31.0. The van der Waals surface area contributed by atoms with Crippen LogP contribution in [0.1, 0.15) is 56.1 Å². The molecular formula is C35H43ClN6O8S. The summed E-state index contributed by atoms with van der Waals surface area (Å²) in [6, 6.07) is 16.5. The highest BCUT2D eigenvalue weighted by Crippen LogP contribution is 2.31. The van der Waals surface area contributed by atoms with Crippen LogP contribution >= 0.6 is 11.6 Å². The molecule has 51 heavy (non-hydrogen) atoms. The Kier molecular flexibility index (Phi) is 12.6. The maximum Gasteiger partial charge on any atom is 0.338 e. The number of nitro benzene ring substituents is 1. The zero-order valence-electron chi connectivity index (χ0n) is 29.5. The molecule has 14 nitrogen and oxygen atoms in total. The number of halogens is 1. The standard InChI is InChI=1S/C35H43ClN6O8S/c1-24(2)41(51(48,49)31-14-10-9-13-29(31)42(46)47)18-17-40(30-19-25(15-16-28(30)36)34(45)50-35(3,4)5)33(44)21-37-20-32(43)38(6)39-22-26-11-7-8-12-27(26)23-39/h7-16,19,24,37H,17-18,20-23H2,1-6H3. The number of hydrazine groups is 1. The first-order valence-corrected chi connectivity index (χ1v) is 18.1. The number of nitrogens with zero attached hydrogens (tertiary/aromatic N) is 5. The number of nitro groups is 1. The van der Waals surface area contributed by atoms with Crippen molar-refractivity contribution < 1.29 is 32.5 Å². The van der Waals surface area contributed by atoms with Crippen molar-refractivity contribution in [3.8, 4) is 0 Å². The van der Waals surface area contributed by atoms with Crippen molar-refractivity contribution in [2.24, 2.45) is 0 Å². The highest BCUT2D eigenvalue weighted by molar-refractivity contribution is 7.89. The molecule has 1 heterocycles. The van der Waals surface area contributed by atoms with E-state index in [0.29, 0.717) is 13.1 Å². The highest BCUT2D eigenvalue weighted by atomic mass is 35.5. The van der Waals surface area contributed by atoms with Gasteiger partial charge in [-0.2, -0.15) is 4.31 Å². The highest BCUT2D eigenvalue weighted by Gasteiger charge is 2.34. The topological polar surface area (TPSA) is 163 Å². The predicted molar refractivity (Wildman–Crippen MR) is 192 cm³/mol. The molecular weight excluding hydrogens is 700 g/mol. The number of esters is 1. The van der Waals surface area contributed by atoms with Crippen molar-refractivity contribution in [3.63, 3.8) is 0 Å². The third-order valence-electron chi connectivity index (χ3n) is 8.10. The summed E-state index contributed by atoms with van der Waals surface area (Å²) in [5.74, 6) is -1.52. The van der Waals surface area contributed by atoms with E-state index in [4.69, 9.17) is 16.3 Å². The molecule has 0 fully saturated rings.